The Morgan fingerprint density at radius 1 is 1.22 bits per heavy atom. The number of benzene rings is 2. The lowest BCUT2D eigenvalue weighted by Gasteiger charge is -2.36. The third-order valence-electron chi connectivity index (χ3n) is 6.63. The van der Waals surface area contributed by atoms with E-state index in [9.17, 15) is 9.18 Å². The van der Waals surface area contributed by atoms with E-state index in [1.54, 1.807) is 13.2 Å². The first-order chi connectivity index (χ1) is 17.3. The minimum atomic E-state index is -0.318. The molecule has 1 atom stereocenters. The lowest BCUT2D eigenvalue weighted by Crippen LogP contribution is -2.45. The standard InChI is InChI=1S/C28H36ClFN2O4/c1-19(2)15-32(16-20-12-24(29)27-26(13-20)35-10-5-11-36-27)28(33)22-6-4-9-31(18-22)17-21-7-8-23(30)14-25(21)34-3/h7-8,12-14,19,22H,4-6,9-11,15-18H2,1-3H3. The van der Waals surface area contributed by atoms with Crippen LogP contribution in [0.15, 0.2) is 30.3 Å². The summed E-state index contributed by atoms with van der Waals surface area (Å²) in [7, 11) is 1.55. The summed E-state index contributed by atoms with van der Waals surface area (Å²) in [5, 5.41) is 0.512. The van der Waals surface area contributed by atoms with Gasteiger partial charge in [-0.25, -0.2) is 4.39 Å². The third kappa shape index (κ3) is 6.62. The van der Waals surface area contributed by atoms with Crippen molar-refractivity contribution in [2.24, 2.45) is 11.8 Å². The Kier molecular flexibility index (Phi) is 8.96. The first-order valence-electron chi connectivity index (χ1n) is 12.8. The molecule has 0 spiro atoms. The van der Waals surface area contributed by atoms with E-state index in [1.165, 1.54) is 12.1 Å². The molecule has 6 nitrogen and oxygen atoms in total. The number of hydrogen-bond acceptors (Lipinski definition) is 5. The van der Waals surface area contributed by atoms with Gasteiger partial charge in [-0.1, -0.05) is 31.5 Å². The lowest BCUT2D eigenvalue weighted by atomic mass is 9.95. The second-order valence-corrected chi connectivity index (χ2v) is 10.5. The highest BCUT2D eigenvalue weighted by molar-refractivity contribution is 6.32. The Bertz CT molecular complexity index is 1060. The maximum Gasteiger partial charge on any atom is 0.227 e. The van der Waals surface area contributed by atoms with E-state index in [1.807, 2.05) is 17.0 Å². The number of carbonyl (C=O) groups excluding carboxylic acids is 1. The Hall–Kier alpha value is -2.51. The van der Waals surface area contributed by atoms with Crippen LogP contribution in [0.4, 0.5) is 4.39 Å². The van der Waals surface area contributed by atoms with E-state index in [0.29, 0.717) is 67.6 Å². The first kappa shape index (κ1) is 26.6. The van der Waals surface area contributed by atoms with Crippen LogP contribution >= 0.6 is 11.6 Å². The Labute approximate surface area is 218 Å². The molecule has 1 fully saturated rings. The molecular formula is C28H36ClFN2O4. The van der Waals surface area contributed by atoms with Gasteiger partial charge < -0.3 is 19.1 Å². The molecule has 0 N–H and O–H groups in total. The fraction of sp³-hybridized carbons (Fsp3) is 0.536. The highest BCUT2D eigenvalue weighted by atomic mass is 35.5. The zero-order valence-electron chi connectivity index (χ0n) is 21.4. The first-order valence-corrected chi connectivity index (χ1v) is 13.1. The molecule has 2 aliphatic heterocycles. The van der Waals surface area contributed by atoms with E-state index in [0.717, 1.165) is 36.9 Å². The molecule has 0 bridgehead atoms. The predicted molar refractivity (Wildman–Crippen MR) is 138 cm³/mol. The van der Waals surface area contributed by atoms with E-state index in [2.05, 4.69) is 18.7 Å². The summed E-state index contributed by atoms with van der Waals surface area (Å²) in [4.78, 5) is 18.0. The van der Waals surface area contributed by atoms with Gasteiger partial charge in [-0.3, -0.25) is 9.69 Å². The number of methoxy groups -OCH3 is 1. The van der Waals surface area contributed by atoms with Crippen molar-refractivity contribution in [3.05, 3.63) is 52.3 Å². The van der Waals surface area contributed by atoms with Gasteiger partial charge in [0.05, 0.1) is 31.3 Å². The molecular weight excluding hydrogens is 483 g/mol. The smallest absolute Gasteiger partial charge is 0.227 e. The topological polar surface area (TPSA) is 51.2 Å². The Balaban J connectivity index is 1.48. The van der Waals surface area contributed by atoms with Gasteiger partial charge in [-0.2, -0.15) is 0 Å². The third-order valence-corrected chi connectivity index (χ3v) is 6.91. The number of hydrogen-bond donors (Lipinski definition) is 0. The van der Waals surface area contributed by atoms with Crippen LogP contribution in [0.1, 0.15) is 44.2 Å². The molecule has 36 heavy (non-hydrogen) atoms. The van der Waals surface area contributed by atoms with Crippen LogP contribution in [-0.2, 0) is 17.9 Å². The van der Waals surface area contributed by atoms with Gasteiger partial charge in [-0.15, -0.1) is 0 Å². The number of halogens is 2. The van der Waals surface area contributed by atoms with E-state index < -0.39 is 0 Å². The van der Waals surface area contributed by atoms with E-state index in [4.69, 9.17) is 25.8 Å². The highest BCUT2D eigenvalue weighted by Crippen LogP contribution is 2.38. The van der Waals surface area contributed by atoms with Crippen molar-refractivity contribution in [1.29, 1.82) is 0 Å². The molecule has 2 aromatic rings. The zero-order valence-corrected chi connectivity index (χ0v) is 22.2. The number of nitrogens with zero attached hydrogens (tertiary/aromatic N) is 2. The van der Waals surface area contributed by atoms with E-state index in [-0.39, 0.29) is 17.6 Å². The number of carbonyl (C=O) groups is 1. The minimum Gasteiger partial charge on any atom is -0.496 e. The van der Waals surface area contributed by atoms with Crippen LogP contribution < -0.4 is 14.2 Å². The molecule has 1 amide bonds. The summed E-state index contributed by atoms with van der Waals surface area (Å²) in [5.74, 6) is 1.83. The largest absolute Gasteiger partial charge is 0.496 e. The van der Waals surface area contributed by atoms with Crippen molar-refractivity contribution in [3.63, 3.8) is 0 Å². The SMILES string of the molecule is COc1cc(F)ccc1CN1CCCC(C(=O)N(Cc2cc(Cl)c3c(c2)OCCCO3)CC(C)C)C1. The number of ether oxygens (including phenoxy) is 3. The molecule has 0 aliphatic carbocycles. The quantitative estimate of drug-likeness (QED) is 0.459. The molecule has 1 saturated heterocycles. The molecule has 196 valence electrons. The van der Waals surface area contributed by atoms with Crippen molar-refractivity contribution >= 4 is 17.5 Å². The van der Waals surface area contributed by atoms with Crippen molar-refractivity contribution in [3.8, 4) is 17.2 Å². The number of piperidine rings is 1. The molecule has 2 heterocycles. The Morgan fingerprint density at radius 3 is 2.81 bits per heavy atom. The molecule has 2 aliphatic rings. The van der Waals surface area contributed by atoms with E-state index >= 15 is 0 Å². The summed E-state index contributed by atoms with van der Waals surface area (Å²) >= 11 is 6.52. The van der Waals surface area contributed by atoms with Crippen LogP contribution in [0.3, 0.4) is 0 Å². The molecule has 1 unspecified atom stereocenters. The number of likely N-dealkylation sites (tertiary alicyclic amines) is 1. The number of rotatable bonds is 8. The number of fused-ring (bicyclic) bond motifs is 1. The molecule has 2 aromatic carbocycles. The van der Waals surface area contributed by atoms with Gasteiger partial charge in [0.25, 0.3) is 0 Å². The van der Waals surface area contributed by atoms with Gasteiger partial charge in [0.15, 0.2) is 11.5 Å². The summed E-state index contributed by atoms with van der Waals surface area (Å²) < 4.78 is 30.6. The van der Waals surface area contributed by atoms with Crippen molar-refractivity contribution in [2.75, 3.05) is 40.0 Å². The van der Waals surface area contributed by atoms with Crippen LogP contribution in [0.25, 0.3) is 0 Å². The Morgan fingerprint density at radius 2 is 2.03 bits per heavy atom. The van der Waals surface area contributed by atoms with Crippen molar-refractivity contribution in [2.45, 2.75) is 46.2 Å². The summed E-state index contributed by atoms with van der Waals surface area (Å²) in [5.41, 5.74) is 1.86. The second-order valence-electron chi connectivity index (χ2n) is 10.1. The number of amides is 1. The maximum atomic E-state index is 13.8. The maximum absolute atomic E-state index is 13.8. The van der Waals surface area contributed by atoms with Crippen LogP contribution in [0.2, 0.25) is 5.02 Å². The average Bonchev–Trinajstić information content (AvgIpc) is 3.10. The van der Waals surface area contributed by atoms with Crippen molar-refractivity contribution in [1.82, 2.24) is 9.80 Å². The molecule has 4 rings (SSSR count). The van der Waals surface area contributed by atoms with Gasteiger partial charge in [-0.05, 0) is 49.1 Å². The molecule has 0 radical (unpaired) electrons. The molecule has 8 heteroatoms. The fourth-order valence-electron chi connectivity index (χ4n) is 5.02. The average molecular weight is 519 g/mol. The fourth-order valence-corrected chi connectivity index (χ4v) is 5.31. The summed E-state index contributed by atoms with van der Waals surface area (Å²) in [6.07, 6.45) is 2.60. The molecule has 0 aromatic heterocycles. The van der Waals surface area contributed by atoms with Crippen LogP contribution in [-0.4, -0.2) is 55.7 Å². The summed E-state index contributed by atoms with van der Waals surface area (Å²) in [6, 6.07) is 8.45. The predicted octanol–water partition coefficient (Wildman–Crippen LogP) is 5.55. The van der Waals surface area contributed by atoms with Gasteiger partial charge in [0.2, 0.25) is 5.91 Å². The normalized spacial score (nSPS) is 18.1. The van der Waals surface area contributed by atoms with Crippen molar-refractivity contribution < 1.29 is 23.4 Å². The second kappa shape index (κ2) is 12.2. The van der Waals surface area contributed by atoms with Crippen LogP contribution in [0.5, 0.6) is 17.2 Å². The molecule has 0 saturated carbocycles. The van der Waals surface area contributed by atoms with Gasteiger partial charge in [0.1, 0.15) is 11.6 Å². The van der Waals surface area contributed by atoms with Gasteiger partial charge >= 0.3 is 0 Å². The zero-order chi connectivity index (χ0) is 25.7. The monoisotopic (exact) mass is 518 g/mol. The summed E-state index contributed by atoms with van der Waals surface area (Å²) in [6.45, 7) is 8.70. The minimum absolute atomic E-state index is 0.0974. The van der Waals surface area contributed by atoms with Crippen LogP contribution in [0, 0.1) is 17.7 Å². The van der Waals surface area contributed by atoms with Gasteiger partial charge in [0, 0.05) is 44.2 Å². The highest BCUT2D eigenvalue weighted by Gasteiger charge is 2.30. The lowest BCUT2D eigenvalue weighted by molar-refractivity contribution is -0.138.